The first-order valence-electron chi connectivity index (χ1n) is 18.0. The topological polar surface area (TPSA) is 62.0 Å². The van der Waals surface area contributed by atoms with Gasteiger partial charge in [-0.05, 0) is 105 Å². The van der Waals surface area contributed by atoms with E-state index in [1.54, 1.807) is 0 Å². The molecule has 0 saturated carbocycles. The fraction of sp³-hybridized carbons (Fsp3) is 0.289. The lowest BCUT2D eigenvalue weighted by molar-refractivity contribution is 0.0241. The van der Waals surface area contributed by atoms with Crippen LogP contribution in [-0.2, 0) is 24.4 Å². The van der Waals surface area contributed by atoms with Crippen molar-refractivity contribution in [3.05, 3.63) is 144 Å². The monoisotopic (exact) mass is 678 g/mol. The average molecular weight is 679 g/mol. The predicted molar refractivity (Wildman–Crippen MR) is 200 cm³/mol. The molecular formula is C45H42O6. The largest absolute Gasteiger partial charge is 0.491 e. The van der Waals surface area contributed by atoms with Crippen molar-refractivity contribution in [3.63, 3.8) is 0 Å². The van der Waals surface area contributed by atoms with Gasteiger partial charge < -0.3 is 28.4 Å². The summed E-state index contributed by atoms with van der Waals surface area (Å²) in [4.78, 5) is 0. The molecule has 0 aromatic heterocycles. The maximum atomic E-state index is 6.15. The number of hydrogen-bond donors (Lipinski definition) is 0. The Kier molecular flexibility index (Phi) is 8.49. The molecule has 4 atom stereocenters. The summed E-state index contributed by atoms with van der Waals surface area (Å²) in [5.74, 6) is 1.68. The minimum absolute atomic E-state index is 0.00785. The van der Waals surface area contributed by atoms with Crippen molar-refractivity contribution in [2.45, 2.75) is 43.7 Å². The third-order valence-corrected chi connectivity index (χ3v) is 10.3. The summed E-state index contributed by atoms with van der Waals surface area (Å²) < 4.78 is 34.6. The van der Waals surface area contributed by atoms with Gasteiger partial charge in [0.15, 0.2) is 0 Å². The number of fused-ring (bicyclic) bond motifs is 5. The standard InChI is InChI=1S/C45H42O6/c1-29(46-25-39-27-50-39)23-48-37-17-13-31-19-35(15-11-33(31)21-37)45(43-9-5-3-7-41(43)42-8-4-6-10-44(42)45)36-16-12-34-22-38(18-14-32(34)20-36)49-24-30(2)47-26-40-28-51-40/h3-22,29-30,39-40H,23-28H2,1-2H3. The fourth-order valence-corrected chi connectivity index (χ4v) is 7.51. The Labute approximate surface area is 298 Å². The first-order chi connectivity index (χ1) is 25.0. The molecule has 6 nitrogen and oxygen atoms in total. The molecule has 0 N–H and O–H groups in total. The Balaban J connectivity index is 1.06. The van der Waals surface area contributed by atoms with Gasteiger partial charge in [-0.1, -0.05) is 84.9 Å². The van der Waals surface area contributed by atoms with Crippen molar-refractivity contribution >= 4 is 21.5 Å². The molecule has 6 heteroatoms. The molecule has 258 valence electrons. The van der Waals surface area contributed by atoms with E-state index in [1.165, 1.54) is 44.2 Å². The van der Waals surface area contributed by atoms with Crippen LogP contribution in [0.15, 0.2) is 121 Å². The molecule has 2 aliphatic heterocycles. The Bertz CT molecular complexity index is 2040. The van der Waals surface area contributed by atoms with E-state index in [0.717, 1.165) is 35.5 Å². The minimum Gasteiger partial charge on any atom is -0.491 e. The van der Waals surface area contributed by atoms with Crippen molar-refractivity contribution in [1.29, 1.82) is 0 Å². The summed E-state index contributed by atoms with van der Waals surface area (Å²) in [5, 5.41) is 4.61. The molecule has 0 radical (unpaired) electrons. The molecular weight excluding hydrogens is 636 g/mol. The van der Waals surface area contributed by atoms with Crippen LogP contribution in [0.3, 0.4) is 0 Å². The van der Waals surface area contributed by atoms with Crippen LogP contribution < -0.4 is 9.47 Å². The molecule has 1 aliphatic carbocycles. The second kappa shape index (κ2) is 13.4. The second-order valence-electron chi connectivity index (χ2n) is 14.1. The quantitative estimate of drug-likeness (QED) is 0.107. The lowest BCUT2D eigenvalue weighted by Gasteiger charge is -2.34. The van der Waals surface area contributed by atoms with Gasteiger partial charge in [0.2, 0.25) is 0 Å². The Morgan fingerprint density at radius 1 is 0.549 bits per heavy atom. The summed E-state index contributed by atoms with van der Waals surface area (Å²) >= 11 is 0. The van der Waals surface area contributed by atoms with Crippen molar-refractivity contribution in [2.75, 3.05) is 39.6 Å². The van der Waals surface area contributed by atoms with E-state index in [0.29, 0.717) is 26.4 Å². The van der Waals surface area contributed by atoms with Crippen molar-refractivity contribution in [3.8, 4) is 22.6 Å². The zero-order chi connectivity index (χ0) is 34.4. The Morgan fingerprint density at radius 3 is 1.41 bits per heavy atom. The first-order valence-corrected chi connectivity index (χ1v) is 18.0. The molecule has 0 spiro atoms. The molecule has 51 heavy (non-hydrogen) atoms. The van der Waals surface area contributed by atoms with Gasteiger partial charge in [0.05, 0.1) is 44.1 Å². The van der Waals surface area contributed by atoms with Crippen molar-refractivity contribution in [1.82, 2.24) is 0 Å². The molecule has 6 aromatic rings. The fourth-order valence-electron chi connectivity index (χ4n) is 7.51. The van der Waals surface area contributed by atoms with Gasteiger partial charge in [-0.15, -0.1) is 0 Å². The normalized spacial score (nSPS) is 19.3. The molecule has 6 aromatic carbocycles. The lowest BCUT2D eigenvalue weighted by atomic mass is 9.67. The van der Waals surface area contributed by atoms with Gasteiger partial charge in [0, 0.05) is 0 Å². The molecule has 2 fully saturated rings. The summed E-state index contributed by atoms with van der Waals surface area (Å²) in [7, 11) is 0. The highest BCUT2D eigenvalue weighted by Crippen LogP contribution is 2.56. The van der Waals surface area contributed by atoms with Crippen molar-refractivity contribution in [2.24, 2.45) is 0 Å². The van der Waals surface area contributed by atoms with Crippen molar-refractivity contribution < 1.29 is 28.4 Å². The number of epoxide rings is 2. The van der Waals surface area contributed by atoms with Crippen LogP contribution >= 0.6 is 0 Å². The van der Waals surface area contributed by atoms with Gasteiger partial charge in [0.25, 0.3) is 0 Å². The predicted octanol–water partition coefficient (Wildman–Crippen LogP) is 8.72. The van der Waals surface area contributed by atoms with Gasteiger partial charge >= 0.3 is 0 Å². The van der Waals surface area contributed by atoms with E-state index in [9.17, 15) is 0 Å². The third kappa shape index (κ3) is 6.38. The van der Waals surface area contributed by atoms with Gasteiger partial charge in [0.1, 0.15) is 36.9 Å². The van der Waals surface area contributed by atoms with E-state index in [1.807, 2.05) is 13.8 Å². The molecule has 2 saturated heterocycles. The highest BCUT2D eigenvalue weighted by atomic mass is 16.6. The maximum absolute atomic E-state index is 6.15. The summed E-state index contributed by atoms with van der Waals surface area (Å²) in [6.45, 7) is 7.90. The van der Waals surface area contributed by atoms with Gasteiger partial charge in [-0.3, -0.25) is 0 Å². The highest BCUT2D eigenvalue weighted by Gasteiger charge is 2.46. The minimum atomic E-state index is -0.504. The molecule has 2 heterocycles. The molecule has 0 bridgehead atoms. The van der Waals surface area contributed by atoms with E-state index >= 15 is 0 Å². The summed E-state index contributed by atoms with van der Waals surface area (Å²) in [5.41, 5.74) is 7.09. The number of rotatable bonds is 14. The second-order valence-corrected chi connectivity index (χ2v) is 14.1. The van der Waals surface area contributed by atoms with Crippen LogP contribution in [-0.4, -0.2) is 64.1 Å². The van der Waals surface area contributed by atoms with Crippen LogP contribution in [0.25, 0.3) is 32.7 Å². The van der Waals surface area contributed by atoms with Gasteiger partial charge in [-0.25, -0.2) is 0 Å². The summed E-state index contributed by atoms with van der Waals surface area (Å²) in [6.07, 6.45) is 0.482. The Morgan fingerprint density at radius 2 is 0.961 bits per heavy atom. The number of hydrogen-bond acceptors (Lipinski definition) is 6. The zero-order valence-corrected chi connectivity index (χ0v) is 29.0. The summed E-state index contributed by atoms with van der Waals surface area (Å²) in [6, 6.07) is 44.3. The molecule has 9 rings (SSSR count). The van der Waals surface area contributed by atoms with E-state index < -0.39 is 5.41 Å². The van der Waals surface area contributed by atoms with Crippen LogP contribution in [0.4, 0.5) is 0 Å². The Hall–Kier alpha value is -4.72. The third-order valence-electron chi connectivity index (χ3n) is 10.3. The highest BCUT2D eigenvalue weighted by molar-refractivity contribution is 5.92. The number of benzene rings is 6. The first kappa shape index (κ1) is 32.2. The van der Waals surface area contributed by atoms with Gasteiger partial charge in [-0.2, -0.15) is 0 Å². The van der Waals surface area contributed by atoms with Crippen LogP contribution in [0.1, 0.15) is 36.1 Å². The van der Waals surface area contributed by atoms with E-state index in [-0.39, 0.29) is 24.4 Å². The lowest BCUT2D eigenvalue weighted by Crippen LogP contribution is -2.28. The SMILES string of the molecule is CC(COc1ccc2cc(C3(c4ccc5cc(OCC(C)OCC6CO6)ccc5c4)c4ccccc4-c4ccccc43)ccc2c1)OCC1CO1. The molecule has 3 aliphatic rings. The van der Waals surface area contributed by atoms with Crippen LogP contribution in [0.5, 0.6) is 11.5 Å². The smallest absolute Gasteiger partial charge is 0.120 e. The number of ether oxygens (including phenoxy) is 6. The van der Waals surface area contributed by atoms with Crippen LogP contribution in [0, 0.1) is 0 Å². The zero-order valence-electron chi connectivity index (χ0n) is 29.0. The maximum Gasteiger partial charge on any atom is 0.120 e. The average Bonchev–Trinajstić information content (AvgIpc) is 4.12. The molecule has 0 amide bonds. The molecule has 4 unspecified atom stereocenters. The van der Waals surface area contributed by atoms with Crippen LogP contribution in [0.2, 0.25) is 0 Å². The van der Waals surface area contributed by atoms with E-state index in [2.05, 4.69) is 121 Å². The van der Waals surface area contributed by atoms with E-state index in [4.69, 9.17) is 28.4 Å².